The molecule has 0 atom stereocenters. The van der Waals surface area contributed by atoms with E-state index in [0.29, 0.717) is 16.9 Å². The van der Waals surface area contributed by atoms with E-state index in [1.165, 1.54) is 0 Å². The molecule has 0 saturated carbocycles. The molecule has 3 N–H and O–H groups in total. The summed E-state index contributed by atoms with van der Waals surface area (Å²) in [7, 11) is 1.84. The Bertz CT molecular complexity index is 988. The molecule has 2 aliphatic rings. The van der Waals surface area contributed by atoms with Gasteiger partial charge < -0.3 is 10.6 Å². The third-order valence-corrected chi connectivity index (χ3v) is 4.92. The summed E-state index contributed by atoms with van der Waals surface area (Å²) < 4.78 is 0.902. The van der Waals surface area contributed by atoms with Crippen LogP contribution in [0.25, 0.3) is 11.1 Å². The molecule has 1 heterocycles. The molecule has 1 aliphatic carbocycles. The Morgan fingerprint density at radius 3 is 2.62 bits per heavy atom. The van der Waals surface area contributed by atoms with E-state index in [-0.39, 0.29) is 5.91 Å². The van der Waals surface area contributed by atoms with Gasteiger partial charge in [-0.1, -0.05) is 28.6 Å². The largest absolute Gasteiger partial charge is 0.388 e. The van der Waals surface area contributed by atoms with Crippen LogP contribution in [0.5, 0.6) is 0 Å². The van der Waals surface area contributed by atoms with E-state index in [9.17, 15) is 4.79 Å². The average molecular weight is 380 g/mol. The molecule has 2 aromatic carbocycles. The van der Waals surface area contributed by atoms with Crippen LogP contribution in [0.3, 0.4) is 0 Å². The van der Waals surface area contributed by atoms with Gasteiger partial charge >= 0.3 is 0 Å². The molecular weight excluding hydrogens is 366 g/mol. The SMILES string of the molecule is C=C1/C(=C2\C(=O)Nc3ccc(NC)cc32)C(=N)c2cc(Br)ccc21. The Morgan fingerprint density at radius 1 is 1.08 bits per heavy atom. The van der Waals surface area contributed by atoms with Gasteiger partial charge in [-0.3, -0.25) is 10.2 Å². The fraction of sp³-hybridized carbons (Fsp3) is 0.0526. The highest BCUT2D eigenvalue weighted by molar-refractivity contribution is 9.10. The minimum Gasteiger partial charge on any atom is -0.388 e. The van der Waals surface area contributed by atoms with Gasteiger partial charge in [0.1, 0.15) is 0 Å². The molecule has 24 heavy (non-hydrogen) atoms. The van der Waals surface area contributed by atoms with E-state index in [2.05, 4.69) is 33.1 Å². The zero-order chi connectivity index (χ0) is 17.0. The van der Waals surface area contributed by atoms with Crippen LogP contribution >= 0.6 is 15.9 Å². The lowest BCUT2D eigenvalue weighted by Crippen LogP contribution is -2.08. The monoisotopic (exact) mass is 379 g/mol. The lowest BCUT2D eigenvalue weighted by molar-refractivity contribution is -0.110. The van der Waals surface area contributed by atoms with Gasteiger partial charge in [-0.15, -0.1) is 0 Å². The third kappa shape index (κ3) is 1.98. The van der Waals surface area contributed by atoms with Crippen LogP contribution in [0.2, 0.25) is 0 Å². The van der Waals surface area contributed by atoms with Crippen molar-refractivity contribution >= 4 is 50.1 Å². The maximum atomic E-state index is 12.6. The predicted molar refractivity (Wildman–Crippen MR) is 102 cm³/mol. The number of hydrogen-bond acceptors (Lipinski definition) is 3. The molecule has 0 radical (unpaired) electrons. The second kappa shape index (κ2) is 5.18. The number of allylic oxidation sites excluding steroid dienone is 2. The molecule has 0 fully saturated rings. The number of nitrogens with one attached hydrogen (secondary N) is 3. The standard InChI is InChI=1S/C19H14BrN3O/c1-9-12-5-3-10(20)7-13(12)18(21)16(9)17-14-8-11(22-2)4-6-15(14)23-19(17)24/h3-8,21-22H,1H2,2H3,(H,23,24)/b17-16+,21-18?. The average Bonchev–Trinajstić information content (AvgIpc) is 3.01. The number of rotatable bonds is 1. The van der Waals surface area contributed by atoms with Gasteiger partial charge in [0.05, 0.1) is 11.3 Å². The van der Waals surface area contributed by atoms with Crippen molar-refractivity contribution in [3.05, 3.63) is 69.7 Å². The van der Waals surface area contributed by atoms with Crippen LogP contribution < -0.4 is 10.6 Å². The lowest BCUT2D eigenvalue weighted by atomic mass is 9.95. The Hall–Kier alpha value is -2.66. The van der Waals surface area contributed by atoms with Gasteiger partial charge in [0.15, 0.2) is 0 Å². The van der Waals surface area contributed by atoms with Crippen molar-refractivity contribution in [2.45, 2.75) is 0 Å². The molecule has 118 valence electrons. The van der Waals surface area contributed by atoms with Gasteiger partial charge in [0.2, 0.25) is 0 Å². The van der Waals surface area contributed by atoms with Crippen molar-refractivity contribution in [1.29, 1.82) is 5.41 Å². The summed E-state index contributed by atoms with van der Waals surface area (Å²) in [6.07, 6.45) is 0. The van der Waals surface area contributed by atoms with Gasteiger partial charge in [-0.25, -0.2) is 0 Å². The molecular formula is C19H14BrN3O. The molecule has 0 aromatic heterocycles. The summed E-state index contributed by atoms with van der Waals surface area (Å²) >= 11 is 3.44. The topological polar surface area (TPSA) is 65.0 Å². The van der Waals surface area contributed by atoms with Crippen LogP contribution in [0, 0.1) is 5.41 Å². The summed E-state index contributed by atoms with van der Waals surface area (Å²) in [5.74, 6) is -0.189. The van der Waals surface area contributed by atoms with Crippen molar-refractivity contribution in [3.63, 3.8) is 0 Å². The molecule has 1 amide bonds. The fourth-order valence-corrected chi connectivity index (χ4v) is 3.61. The van der Waals surface area contributed by atoms with E-state index >= 15 is 0 Å². The predicted octanol–water partition coefficient (Wildman–Crippen LogP) is 4.29. The Balaban J connectivity index is 1.98. The number of hydrogen-bond donors (Lipinski definition) is 3. The summed E-state index contributed by atoms with van der Waals surface area (Å²) in [4.78, 5) is 12.6. The first-order valence-corrected chi connectivity index (χ1v) is 8.27. The minimum absolute atomic E-state index is 0.189. The highest BCUT2D eigenvalue weighted by Crippen LogP contribution is 2.44. The van der Waals surface area contributed by atoms with E-state index in [1.807, 2.05) is 43.4 Å². The first-order valence-electron chi connectivity index (χ1n) is 7.47. The minimum atomic E-state index is -0.189. The normalized spacial score (nSPS) is 18.5. The smallest absolute Gasteiger partial charge is 0.257 e. The van der Waals surface area contributed by atoms with Crippen molar-refractivity contribution in [1.82, 2.24) is 0 Å². The highest BCUT2D eigenvalue weighted by atomic mass is 79.9. The third-order valence-electron chi connectivity index (χ3n) is 4.43. The number of fused-ring (bicyclic) bond motifs is 2. The molecule has 0 saturated heterocycles. The first kappa shape index (κ1) is 14.9. The quantitative estimate of drug-likeness (QED) is 0.647. The first-order chi connectivity index (χ1) is 11.5. The molecule has 0 unspecified atom stereocenters. The molecule has 1 aliphatic heterocycles. The Labute approximate surface area is 147 Å². The molecule has 5 heteroatoms. The van der Waals surface area contributed by atoms with Gasteiger partial charge in [0, 0.05) is 39.6 Å². The number of anilines is 2. The lowest BCUT2D eigenvalue weighted by Gasteiger charge is -2.07. The summed E-state index contributed by atoms with van der Waals surface area (Å²) in [5.41, 5.74) is 6.36. The number of carbonyl (C=O) groups excluding carboxylic acids is 1. The van der Waals surface area contributed by atoms with E-state index in [0.717, 1.165) is 38.1 Å². The van der Waals surface area contributed by atoms with E-state index < -0.39 is 0 Å². The molecule has 4 rings (SSSR count). The highest BCUT2D eigenvalue weighted by Gasteiger charge is 2.35. The van der Waals surface area contributed by atoms with Crippen LogP contribution in [0.15, 0.2) is 53.0 Å². The number of halogens is 1. The number of carbonyl (C=O) groups is 1. The van der Waals surface area contributed by atoms with E-state index in [4.69, 9.17) is 5.41 Å². The molecule has 4 nitrogen and oxygen atoms in total. The Kier molecular flexibility index (Phi) is 3.21. The number of benzene rings is 2. The van der Waals surface area contributed by atoms with Crippen molar-refractivity contribution in [2.75, 3.05) is 17.7 Å². The second-order valence-electron chi connectivity index (χ2n) is 5.76. The van der Waals surface area contributed by atoms with Crippen LogP contribution in [0.1, 0.15) is 16.7 Å². The van der Waals surface area contributed by atoms with Crippen LogP contribution in [-0.2, 0) is 4.79 Å². The zero-order valence-corrected chi connectivity index (χ0v) is 14.5. The molecule has 0 spiro atoms. The molecule has 0 bridgehead atoms. The van der Waals surface area contributed by atoms with Gasteiger partial charge in [0.25, 0.3) is 5.91 Å². The fourth-order valence-electron chi connectivity index (χ4n) is 3.25. The number of amides is 1. The summed E-state index contributed by atoms with van der Waals surface area (Å²) in [5, 5.41) is 14.5. The van der Waals surface area contributed by atoms with Crippen molar-refractivity contribution in [3.8, 4) is 0 Å². The summed E-state index contributed by atoms with van der Waals surface area (Å²) in [6, 6.07) is 11.5. The van der Waals surface area contributed by atoms with Crippen molar-refractivity contribution < 1.29 is 4.79 Å². The second-order valence-corrected chi connectivity index (χ2v) is 6.67. The van der Waals surface area contributed by atoms with Gasteiger partial charge in [-0.2, -0.15) is 0 Å². The Morgan fingerprint density at radius 2 is 1.88 bits per heavy atom. The summed E-state index contributed by atoms with van der Waals surface area (Å²) in [6.45, 7) is 4.14. The van der Waals surface area contributed by atoms with Crippen LogP contribution in [-0.4, -0.2) is 18.7 Å². The van der Waals surface area contributed by atoms with Gasteiger partial charge in [-0.05, 0) is 41.5 Å². The van der Waals surface area contributed by atoms with Crippen LogP contribution in [0.4, 0.5) is 11.4 Å². The van der Waals surface area contributed by atoms with Crippen molar-refractivity contribution in [2.24, 2.45) is 0 Å². The zero-order valence-electron chi connectivity index (χ0n) is 13.0. The van der Waals surface area contributed by atoms with E-state index in [1.54, 1.807) is 0 Å². The maximum absolute atomic E-state index is 12.6. The molecule has 2 aromatic rings. The maximum Gasteiger partial charge on any atom is 0.257 e.